The SMILES string of the molecule is Cn1c(Nc2ccc(I)cc2F)c(C(=O)NOCC(O)CO)c2c1C(=O)CC2. The van der Waals surface area contributed by atoms with Crippen LogP contribution in [0.25, 0.3) is 0 Å². The third-order valence-corrected chi connectivity index (χ3v) is 5.10. The van der Waals surface area contributed by atoms with Gasteiger partial charge in [0.15, 0.2) is 5.78 Å². The predicted octanol–water partition coefficient (Wildman–Crippen LogP) is 1.66. The fraction of sp³-hybridized carbons (Fsp3) is 0.333. The number of rotatable bonds is 7. The van der Waals surface area contributed by atoms with Crippen LogP contribution in [0.1, 0.15) is 32.8 Å². The van der Waals surface area contributed by atoms with Gasteiger partial charge in [0.05, 0.1) is 23.6 Å². The van der Waals surface area contributed by atoms with Gasteiger partial charge in [-0.3, -0.25) is 14.4 Å². The number of carbonyl (C=O) groups excluding carboxylic acids is 2. The van der Waals surface area contributed by atoms with E-state index in [1.807, 2.05) is 22.6 Å². The number of aliphatic hydroxyl groups excluding tert-OH is 2. The van der Waals surface area contributed by atoms with Crippen LogP contribution >= 0.6 is 22.6 Å². The van der Waals surface area contributed by atoms with Gasteiger partial charge in [-0.05, 0) is 52.8 Å². The van der Waals surface area contributed by atoms with Crippen LogP contribution in [0.5, 0.6) is 0 Å². The van der Waals surface area contributed by atoms with E-state index in [1.165, 1.54) is 6.07 Å². The Labute approximate surface area is 173 Å². The van der Waals surface area contributed by atoms with Gasteiger partial charge in [-0.2, -0.15) is 0 Å². The highest BCUT2D eigenvalue weighted by molar-refractivity contribution is 14.1. The largest absolute Gasteiger partial charge is 0.394 e. The number of nitrogens with one attached hydrogen (secondary N) is 2. The van der Waals surface area contributed by atoms with Gasteiger partial charge in [0.25, 0.3) is 5.91 Å². The Hall–Kier alpha value is -2.02. The van der Waals surface area contributed by atoms with E-state index in [4.69, 9.17) is 9.94 Å². The molecule has 1 aromatic heterocycles. The van der Waals surface area contributed by atoms with Crippen molar-refractivity contribution in [3.8, 4) is 0 Å². The summed E-state index contributed by atoms with van der Waals surface area (Å²) in [7, 11) is 1.63. The molecule has 0 aliphatic heterocycles. The van der Waals surface area contributed by atoms with Crippen LogP contribution < -0.4 is 10.8 Å². The fourth-order valence-corrected chi connectivity index (χ4v) is 3.57. The van der Waals surface area contributed by atoms with E-state index in [0.717, 1.165) is 3.57 Å². The summed E-state index contributed by atoms with van der Waals surface area (Å²) < 4.78 is 16.6. The van der Waals surface area contributed by atoms with Gasteiger partial charge in [-0.1, -0.05) is 0 Å². The summed E-state index contributed by atoms with van der Waals surface area (Å²) in [5.74, 6) is -0.959. The van der Waals surface area contributed by atoms with Crippen molar-refractivity contribution >= 4 is 45.8 Å². The Morgan fingerprint density at radius 3 is 2.86 bits per heavy atom. The number of nitrogens with zero attached hydrogens (tertiary/aromatic N) is 1. The summed E-state index contributed by atoms with van der Waals surface area (Å²) in [5, 5.41) is 21.0. The van der Waals surface area contributed by atoms with E-state index in [1.54, 1.807) is 23.7 Å². The van der Waals surface area contributed by atoms with Crippen molar-refractivity contribution in [3.63, 3.8) is 0 Å². The first-order valence-electron chi connectivity index (χ1n) is 8.51. The minimum atomic E-state index is -1.14. The second-order valence-corrected chi connectivity index (χ2v) is 7.61. The second-order valence-electron chi connectivity index (χ2n) is 6.36. The number of anilines is 2. The minimum Gasteiger partial charge on any atom is -0.394 e. The number of carbonyl (C=O) groups is 2. The van der Waals surface area contributed by atoms with Crippen molar-refractivity contribution in [1.82, 2.24) is 10.0 Å². The molecule has 1 amide bonds. The molecule has 0 fully saturated rings. The van der Waals surface area contributed by atoms with Gasteiger partial charge in [0, 0.05) is 17.0 Å². The van der Waals surface area contributed by atoms with Crippen LogP contribution in [0.15, 0.2) is 18.2 Å². The molecular formula is C18H19FIN3O5. The average Bonchev–Trinajstić information content (AvgIpc) is 3.15. The number of fused-ring (bicyclic) bond motifs is 1. The zero-order chi connectivity index (χ0) is 20.4. The molecule has 0 radical (unpaired) electrons. The third kappa shape index (κ3) is 4.04. The molecule has 1 atom stereocenters. The molecule has 2 aromatic rings. The number of hydrogen-bond acceptors (Lipinski definition) is 6. The molecule has 150 valence electrons. The Bertz CT molecular complexity index is 930. The summed E-state index contributed by atoms with van der Waals surface area (Å²) in [4.78, 5) is 29.9. The van der Waals surface area contributed by atoms with Crippen molar-refractivity contribution in [2.75, 3.05) is 18.5 Å². The lowest BCUT2D eigenvalue weighted by molar-refractivity contribution is -0.0295. The standard InChI is InChI=1S/C18H19FIN3O5/c1-23-16-11(3-5-14(16)26)15(18(27)22-28-8-10(25)7-24)17(23)21-13-4-2-9(20)6-12(13)19/h2,4,6,10,21,24-25H,3,5,7-8H2,1H3,(H,22,27). The summed E-state index contributed by atoms with van der Waals surface area (Å²) in [6.07, 6.45) is -0.455. The first kappa shape index (κ1) is 20.7. The molecule has 10 heteroatoms. The van der Waals surface area contributed by atoms with Crippen LogP contribution in [0, 0.1) is 9.39 Å². The highest BCUT2D eigenvalue weighted by Gasteiger charge is 2.33. The summed E-state index contributed by atoms with van der Waals surface area (Å²) >= 11 is 1.99. The van der Waals surface area contributed by atoms with E-state index < -0.39 is 24.4 Å². The number of halogens is 2. The molecule has 1 aliphatic rings. The average molecular weight is 503 g/mol. The van der Waals surface area contributed by atoms with Crippen LogP contribution in [0.2, 0.25) is 0 Å². The van der Waals surface area contributed by atoms with Crippen LogP contribution in [-0.4, -0.2) is 45.8 Å². The number of ketones is 1. The number of Topliss-reactive ketones (excluding diaryl/α,β-unsaturated/α-hetero) is 1. The quantitative estimate of drug-likeness (QED) is 0.338. The number of aliphatic hydroxyl groups is 2. The van der Waals surface area contributed by atoms with Gasteiger partial charge in [-0.15, -0.1) is 0 Å². The molecule has 4 N–H and O–H groups in total. The lowest BCUT2D eigenvalue weighted by Crippen LogP contribution is -2.30. The van der Waals surface area contributed by atoms with Gasteiger partial charge in [0.1, 0.15) is 24.3 Å². The van der Waals surface area contributed by atoms with E-state index in [-0.39, 0.29) is 29.5 Å². The van der Waals surface area contributed by atoms with Crippen molar-refractivity contribution in [1.29, 1.82) is 0 Å². The first-order chi connectivity index (χ1) is 13.3. The summed E-state index contributed by atoms with van der Waals surface area (Å²) in [6.45, 7) is -0.811. The zero-order valence-corrected chi connectivity index (χ0v) is 17.1. The van der Waals surface area contributed by atoms with E-state index in [2.05, 4.69) is 10.8 Å². The fourth-order valence-electron chi connectivity index (χ4n) is 3.12. The molecule has 0 saturated carbocycles. The second kappa shape index (κ2) is 8.55. The Morgan fingerprint density at radius 2 is 2.18 bits per heavy atom. The van der Waals surface area contributed by atoms with Crippen molar-refractivity contribution in [2.24, 2.45) is 7.05 Å². The van der Waals surface area contributed by atoms with Crippen molar-refractivity contribution in [3.05, 3.63) is 44.4 Å². The topological polar surface area (TPSA) is 113 Å². The number of aromatic nitrogens is 1. The molecule has 3 rings (SSSR count). The van der Waals surface area contributed by atoms with Gasteiger partial charge >= 0.3 is 0 Å². The Morgan fingerprint density at radius 1 is 1.43 bits per heavy atom. The molecule has 28 heavy (non-hydrogen) atoms. The Balaban J connectivity index is 1.94. The monoisotopic (exact) mass is 503 g/mol. The van der Waals surface area contributed by atoms with E-state index >= 15 is 0 Å². The van der Waals surface area contributed by atoms with Crippen LogP contribution in [0.4, 0.5) is 15.9 Å². The van der Waals surface area contributed by atoms with Crippen LogP contribution in [0.3, 0.4) is 0 Å². The highest BCUT2D eigenvalue weighted by Crippen LogP contribution is 2.35. The smallest absolute Gasteiger partial charge is 0.278 e. The van der Waals surface area contributed by atoms with E-state index in [9.17, 15) is 19.1 Å². The third-order valence-electron chi connectivity index (χ3n) is 4.42. The van der Waals surface area contributed by atoms with Gasteiger partial charge in [-0.25, -0.2) is 9.87 Å². The molecular weight excluding hydrogens is 484 g/mol. The van der Waals surface area contributed by atoms with Gasteiger partial charge < -0.3 is 20.1 Å². The summed E-state index contributed by atoms with van der Waals surface area (Å²) in [5.41, 5.74) is 3.50. The molecule has 0 bridgehead atoms. The highest BCUT2D eigenvalue weighted by atomic mass is 127. The van der Waals surface area contributed by atoms with Crippen LogP contribution in [-0.2, 0) is 18.3 Å². The number of hydrogen-bond donors (Lipinski definition) is 4. The number of benzene rings is 1. The predicted molar refractivity (Wildman–Crippen MR) is 107 cm³/mol. The maximum atomic E-state index is 14.3. The Kier molecular flexibility index (Phi) is 6.33. The van der Waals surface area contributed by atoms with Gasteiger partial charge in [0.2, 0.25) is 0 Å². The van der Waals surface area contributed by atoms with Crippen molar-refractivity contribution in [2.45, 2.75) is 18.9 Å². The lowest BCUT2D eigenvalue weighted by Gasteiger charge is -2.14. The maximum absolute atomic E-state index is 14.3. The lowest BCUT2D eigenvalue weighted by atomic mass is 10.1. The van der Waals surface area contributed by atoms with E-state index in [0.29, 0.717) is 24.1 Å². The normalized spacial score (nSPS) is 14.1. The molecule has 1 aliphatic carbocycles. The minimum absolute atomic E-state index is 0.0979. The number of amides is 1. The number of hydroxylamine groups is 1. The molecule has 1 unspecified atom stereocenters. The molecule has 0 spiro atoms. The van der Waals surface area contributed by atoms with Crippen molar-refractivity contribution < 1.29 is 29.0 Å². The maximum Gasteiger partial charge on any atom is 0.278 e. The molecule has 8 nitrogen and oxygen atoms in total. The molecule has 1 heterocycles. The molecule has 1 aromatic carbocycles. The summed E-state index contributed by atoms with van der Waals surface area (Å²) in [6, 6.07) is 4.61. The first-order valence-corrected chi connectivity index (χ1v) is 9.59. The zero-order valence-electron chi connectivity index (χ0n) is 15.0. The molecule has 0 saturated heterocycles.